The minimum atomic E-state index is -3.15. The molecule has 1 N–H and O–H groups in total. The van der Waals surface area contributed by atoms with Gasteiger partial charge in [0.25, 0.3) is 0 Å². The Labute approximate surface area is 73.1 Å². The van der Waals surface area contributed by atoms with E-state index in [1.54, 1.807) is 6.92 Å². The number of rotatable bonds is 3. The van der Waals surface area contributed by atoms with Crippen molar-refractivity contribution in [3.63, 3.8) is 0 Å². The quantitative estimate of drug-likeness (QED) is 0.666. The van der Waals surface area contributed by atoms with E-state index in [0.29, 0.717) is 5.92 Å². The van der Waals surface area contributed by atoms with E-state index in [1.165, 1.54) is 0 Å². The fourth-order valence-electron chi connectivity index (χ4n) is 1.03. The standard InChI is InChI=1S/C7H14N2O2S/c1-3-12(10,11)9-8-7-4-6(2)5-7/h6,9H,3-5H2,1-2H3. The third kappa shape index (κ3) is 2.48. The van der Waals surface area contributed by atoms with Crippen LogP contribution in [0.3, 0.4) is 0 Å². The second-order valence-electron chi connectivity index (χ2n) is 3.19. The van der Waals surface area contributed by atoms with Gasteiger partial charge in [-0.3, -0.25) is 0 Å². The third-order valence-corrected chi connectivity index (χ3v) is 3.02. The molecule has 12 heavy (non-hydrogen) atoms. The summed E-state index contributed by atoms with van der Waals surface area (Å²) >= 11 is 0. The number of sulfonamides is 1. The van der Waals surface area contributed by atoms with Gasteiger partial charge >= 0.3 is 0 Å². The Kier molecular flexibility index (Phi) is 2.72. The van der Waals surface area contributed by atoms with Crippen molar-refractivity contribution in [1.82, 2.24) is 4.83 Å². The first-order valence-corrected chi connectivity index (χ1v) is 5.73. The molecule has 0 aromatic rings. The minimum Gasteiger partial charge on any atom is -0.205 e. The van der Waals surface area contributed by atoms with E-state index in [1.807, 2.05) is 0 Å². The second kappa shape index (κ2) is 3.43. The van der Waals surface area contributed by atoms with Crippen LogP contribution in [0.25, 0.3) is 0 Å². The average Bonchev–Trinajstić information content (AvgIpc) is 1.96. The molecule has 0 spiro atoms. The summed E-state index contributed by atoms with van der Waals surface area (Å²) in [6, 6.07) is 0. The van der Waals surface area contributed by atoms with Crippen molar-refractivity contribution in [1.29, 1.82) is 0 Å². The van der Waals surface area contributed by atoms with Gasteiger partial charge in [-0.2, -0.15) is 5.10 Å². The number of hydrazone groups is 1. The zero-order valence-electron chi connectivity index (χ0n) is 7.37. The van der Waals surface area contributed by atoms with Crippen LogP contribution in [0.15, 0.2) is 5.10 Å². The van der Waals surface area contributed by atoms with E-state index in [2.05, 4.69) is 16.9 Å². The SMILES string of the molecule is CCS(=O)(=O)NN=C1CC(C)C1. The average molecular weight is 190 g/mol. The Balaban J connectivity index is 2.40. The molecule has 1 rings (SSSR count). The summed E-state index contributed by atoms with van der Waals surface area (Å²) in [4.78, 5) is 2.19. The molecule has 5 heteroatoms. The molecule has 70 valence electrons. The van der Waals surface area contributed by atoms with Crippen LogP contribution >= 0.6 is 0 Å². The van der Waals surface area contributed by atoms with Gasteiger partial charge in [-0.25, -0.2) is 13.2 Å². The van der Waals surface area contributed by atoms with E-state index in [4.69, 9.17) is 0 Å². The van der Waals surface area contributed by atoms with Crippen LogP contribution in [-0.2, 0) is 10.0 Å². The molecular formula is C7H14N2O2S. The molecule has 1 saturated carbocycles. The Morgan fingerprint density at radius 1 is 1.58 bits per heavy atom. The van der Waals surface area contributed by atoms with Crippen LogP contribution in [0.4, 0.5) is 0 Å². The van der Waals surface area contributed by atoms with Crippen LogP contribution in [0.5, 0.6) is 0 Å². The Bertz CT molecular complexity index is 274. The zero-order valence-corrected chi connectivity index (χ0v) is 8.19. The molecule has 0 aliphatic heterocycles. The largest absolute Gasteiger partial charge is 0.247 e. The molecular weight excluding hydrogens is 176 g/mol. The van der Waals surface area contributed by atoms with Crippen LogP contribution in [0, 0.1) is 5.92 Å². The van der Waals surface area contributed by atoms with Crippen molar-refractivity contribution >= 4 is 15.7 Å². The maximum absolute atomic E-state index is 10.9. The predicted octanol–water partition coefficient (Wildman–Crippen LogP) is 0.712. The van der Waals surface area contributed by atoms with Crippen molar-refractivity contribution < 1.29 is 8.42 Å². The summed E-state index contributed by atoms with van der Waals surface area (Å²) in [5.41, 5.74) is 0.958. The van der Waals surface area contributed by atoms with Crippen molar-refractivity contribution in [2.24, 2.45) is 11.0 Å². The lowest BCUT2D eigenvalue weighted by Gasteiger charge is -2.23. The fourth-order valence-corrected chi connectivity index (χ4v) is 1.43. The van der Waals surface area contributed by atoms with Crippen molar-refractivity contribution in [3.8, 4) is 0 Å². The number of nitrogens with one attached hydrogen (secondary N) is 1. The highest BCUT2D eigenvalue weighted by molar-refractivity contribution is 7.89. The highest BCUT2D eigenvalue weighted by Gasteiger charge is 2.20. The molecule has 4 nitrogen and oxygen atoms in total. The normalized spacial score (nSPS) is 23.2. The fraction of sp³-hybridized carbons (Fsp3) is 0.857. The molecule has 0 radical (unpaired) electrons. The Morgan fingerprint density at radius 2 is 2.17 bits per heavy atom. The van der Waals surface area contributed by atoms with Gasteiger partial charge in [0.1, 0.15) is 0 Å². The summed E-state index contributed by atoms with van der Waals surface area (Å²) in [7, 11) is -3.15. The number of hydrogen-bond donors (Lipinski definition) is 1. The van der Waals surface area contributed by atoms with Crippen molar-refractivity contribution in [3.05, 3.63) is 0 Å². The molecule has 1 aliphatic carbocycles. The number of hydrogen-bond acceptors (Lipinski definition) is 3. The smallest absolute Gasteiger partial charge is 0.205 e. The molecule has 0 aromatic heterocycles. The highest BCUT2D eigenvalue weighted by Crippen LogP contribution is 2.22. The molecule has 1 fully saturated rings. The van der Waals surface area contributed by atoms with E-state index in [0.717, 1.165) is 18.6 Å². The lowest BCUT2D eigenvalue weighted by molar-refractivity contribution is 0.546. The van der Waals surface area contributed by atoms with Gasteiger partial charge in [0.05, 0.1) is 5.75 Å². The lowest BCUT2D eigenvalue weighted by atomic mass is 9.85. The van der Waals surface area contributed by atoms with Crippen LogP contribution < -0.4 is 4.83 Å². The molecule has 0 saturated heterocycles. The topological polar surface area (TPSA) is 58.5 Å². The first-order chi connectivity index (χ1) is 5.53. The summed E-state index contributed by atoms with van der Waals surface area (Å²) in [6.45, 7) is 3.71. The molecule has 0 amide bonds. The first kappa shape index (κ1) is 9.51. The van der Waals surface area contributed by atoms with E-state index in [-0.39, 0.29) is 5.75 Å². The maximum atomic E-state index is 10.9. The van der Waals surface area contributed by atoms with Gasteiger partial charge in [0.2, 0.25) is 10.0 Å². The summed E-state index contributed by atoms with van der Waals surface area (Å²) in [6.07, 6.45) is 1.85. The lowest BCUT2D eigenvalue weighted by Crippen LogP contribution is -2.27. The maximum Gasteiger partial charge on any atom is 0.247 e. The van der Waals surface area contributed by atoms with Gasteiger partial charge in [0.15, 0.2) is 0 Å². The van der Waals surface area contributed by atoms with Crippen LogP contribution in [0.2, 0.25) is 0 Å². The minimum absolute atomic E-state index is 0.0827. The van der Waals surface area contributed by atoms with Gasteiger partial charge in [-0.1, -0.05) is 6.92 Å². The van der Waals surface area contributed by atoms with Gasteiger partial charge in [0, 0.05) is 5.71 Å². The Morgan fingerprint density at radius 3 is 2.58 bits per heavy atom. The molecule has 0 bridgehead atoms. The van der Waals surface area contributed by atoms with Gasteiger partial charge in [-0.15, -0.1) is 0 Å². The van der Waals surface area contributed by atoms with E-state index >= 15 is 0 Å². The predicted molar refractivity (Wildman–Crippen MR) is 48.4 cm³/mol. The molecule has 0 atom stereocenters. The van der Waals surface area contributed by atoms with Gasteiger partial charge in [-0.05, 0) is 25.7 Å². The van der Waals surface area contributed by atoms with E-state index in [9.17, 15) is 8.42 Å². The number of nitrogens with zero attached hydrogens (tertiary/aromatic N) is 1. The van der Waals surface area contributed by atoms with Crippen LogP contribution in [0.1, 0.15) is 26.7 Å². The highest BCUT2D eigenvalue weighted by atomic mass is 32.2. The van der Waals surface area contributed by atoms with E-state index < -0.39 is 10.0 Å². The molecule has 0 heterocycles. The van der Waals surface area contributed by atoms with Crippen LogP contribution in [-0.4, -0.2) is 19.9 Å². The first-order valence-electron chi connectivity index (χ1n) is 4.08. The molecule has 0 unspecified atom stereocenters. The van der Waals surface area contributed by atoms with Crippen molar-refractivity contribution in [2.45, 2.75) is 26.7 Å². The Hall–Kier alpha value is -0.580. The summed E-state index contributed by atoms with van der Waals surface area (Å²) in [5.74, 6) is 0.745. The molecule has 0 aromatic carbocycles. The summed E-state index contributed by atoms with van der Waals surface area (Å²) < 4.78 is 21.8. The zero-order chi connectivity index (χ0) is 9.19. The monoisotopic (exact) mass is 190 g/mol. The third-order valence-electron chi connectivity index (χ3n) is 1.89. The van der Waals surface area contributed by atoms with Crippen molar-refractivity contribution in [2.75, 3.05) is 5.75 Å². The molecule has 1 aliphatic rings. The van der Waals surface area contributed by atoms with Gasteiger partial charge < -0.3 is 0 Å². The second-order valence-corrected chi connectivity index (χ2v) is 5.18. The summed E-state index contributed by atoms with van der Waals surface area (Å²) in [5, 5.41) is 3.80.